The van der Waals surface area contributed by atoms with Gasteiger partial charge in [-0.3, -0.25) is 9.59 Å². The van der Waals surface area contributed by atoms with E-state index < -0.39 is 0 Å². The van der Waals surface area contributed by atoms with Gasteiger partial charge in [0.05, 0.1) is 6.54 Å². The second-order valence-corrected chi connectivity index (χ2v) is 7.96. The van der Waals surface area contributed by atoms with Gasteiger partial charge in [-0.2, -0.15) is 0 Å². The maximum Gasteiger partial charge on any atom is 0.279 e. The van der Waals surface area contributed by atoms with Crippen molar-refractivity contribution in [2.24, 2.45) is 0 Å². The van der Waals surface area contributed by atoms with E-state index in [1.165, 1.54) is 15.3 Å². The van der Waals surface area contributed by atoms with Crippen LogP contribution in [0.2, 0.25) is 0 Å². The molecule has 0 bridgehead atoms. The lowest BCUT2D eigenvalue weighted by molar-refractivity contribution is -0.923. The monoisotopic (exact) mass is 386 g/mol. The number of anilines is 1. The number of carbonyl (C=O) groups excluding carboxylic acids is 2. The maximum atomic E-state index is 12.5. The normalized spacial score (nSPS) is 18.6. The summed E-state index contributed by atoms with van der Waals surface area (Å²) in [6.07, 6.45) is 1.04. The van der Waals surface area contributed by atoms with Gasteiger partial charge in [0, 0.05) is 41.2 Å². The van der Waals surface area contributed by atoms with Crippen LogP contribution in [0.15, 0.2) is 35.7 Å². The third-order valence-corrected chi connectivity index (χ3v) is 6.38. The number of nitrogens with zero attached hydrogens (tertiary/aromatic N) is 1. The first-order valence-corrected chi connectivity index (χ1v) is 10.5. The molecule has 0 aliphatic carbocycles. The Morgan fingerprint density at radius 3 is 2.56 bits per heavy atom. The number of nitrogens with one attached hydrogen (secondary N) is 2. The number of amides is 2. The van der Waals surface area contributed by atoms with E-state index in [9.17, 15) is 9.59 Å². The second kappa shape index (κ2) is 8.67. The highest BCUT2D eigenvalue weighted by Gasteiger charge is 2.29. The average molecular weight is 387 g/mol. The van der Waals surface area contributed by atoms with Gasteiger partial charge in [-0.15, -0.1) is 11.3 Å². The summed E-state index contributed by atoms with van der Waals surface area (Å²) in [5, 5.41) is 5.11. The van der Waals surface area contributed by atoms with E-state index in [-0.39, 0.29) is 11.8 Å². The molecule has 2 atom stereocenters. The molecular weight excluding hydrogens is 358 g/mol. The molecule has 0 saturated heterocycles. The van der Waals surface area contributed by atoms with E-state index in [1.807, 2.05) is 25.2 Å². The SMILES string of the molecule is CCN(CC)C(=O)c1ccc(NC(=O)C[NH+]2CCc3sccc3[C@H]2C)cc1. The van der Waals surface area contributed by atoms with Crippen molar-refractivity contribution in [2.75, 3.05) is 31.5 Å². The fourth-order valence-electron chi connectivity index (χ4n) is 3.69. The summed E-state index contributed by atoms with van der Waals surface area (Å²) in [6, 6.07) is 9.71. The van der Waals surface area contributed by atoms with Crippen LogP contribution < -0.4 is 10.2 Å². The maximum absolute atomic E-state index is 12.5. The fourth-order valence-corrected chi connectivity index (χ4v) is 4.67. The third kappa shape index (κ3) is 4.39. The first-order valence-electron chi connectivity index (χ1n) is 9.63. The van der Waals surface area contributed by atoms with E-state index in [1.54, 1.807) is 29.2 Å². The van der Waals surface area contributed by atoms with Crippen molar-refractivity contribution in [3.63, 3.8) is 0 Å². The highest BCUT2D eigenvalue weighted by molar-refractivity contribution is 7.10. The van der Waals surface area contributed by atoms with E-state index in [4.69, 9.17) is 0 Å². The van der Waals surface area contributed by atoms with Gasteiger partial charge in [0.25, 0.3) is 11.8 Å². The predicted molar refractivity (Wildman–Crippen MR) is 109 cm³/mol. The molecule has 0 spiro atoms. The fraction of sp³-hybridized carbons (Fsp3) is 0.429. The van der Waals surface area contributed by atoms with Crippen molar-refractivity contribution in [2.45, 2.75) is 33.2 Å². The van der Waals surface area contributed by atoms with Gasteiger partial charge in [0.1, 0.15) is 6.04 Å². The Balaban J connectivity index is 1.58. The summed E-state index contributed by atoms with van der Waals surface area (Å²) in [6.45, 7) is 8.96. The molecule has 27 heavy (non-hydrogen) atoms. The van der Waals surface area contributed by atoms with Crippen LogP contribution in [0.3, 0.4) is 0 Å². The van der Waals surface area contributed by atoms with Crippen LogP contribution in [-0.4, -0.2) is 42.9 Å². The topological polar surface area (TPSA) is 53.9 Å². The van der Waals surface area contributed by atoms with Crippen LogP contribution in [-0.2, 0) is 11.2 Å². The number of quaternary nitrogens is 1. The summed E-state index contributed by atoms with van der Waals surface area (Å²) >= 11 is 1.82. The molecule has 0 fully saturated rings. The quantitative estimate of drug-likeness (QED) is 0.801. The number of hydrogen-bond donors (Lipinski definition) is 2. The number of rotatable bonds is 6. The van der Waals surface area contributed by atoms with Gasteiger partial charge >= 0.3 is 0 Å². The van der Waals surface area contributed by atoms with Crippen LogP contribution >= 0.6 is 11.3 Å². The van der Waals surface area contributed by atoms with Crippen LogP contribution in [0, 0.1) is 0 Å². The van der Waals surface area contributed by atoms with E-state index in [2.05, 4.69) is 23.7 Å². The van der Waals surface area contributed by atoms with Crippen molar-refractivity contribution in [1.29, 1.82) is 0 Å². The lowest BCUT2D eigenvalue weighted by Crippen LogP contribution is -3.14. The van der Waals surface area contributed by atoms with Gasteiger partial charge in [0.15, 0.2) is 6.54 Å². The Kier molecular flexibility index (Phi) is 6.29. The van der Waals surface area contributed by atoms with Crippen LogP contribution in [0.4, 0.5) is 5.69 Å². The minimum Gasteiger partial charge on any atom is -0.339 e. The first kappa shape index (κ1) is 19.6. The molecule has 2 heterocycles. The standard InChI is InChI=1S/C21H27N3O2S/c1-4-23(5-2)21(26)16-6-8-17(9-7-16)22-20(25)14-24-12-10-19-18(15(24)3)11-13-27-19/h6-9,11,13,15H,4-5,10,12,14H2,1-3H3,(H,22,25)/p+1/t15-/m1/s1. The van der Waals surface area contributed by atoms with Crippen molar-refractivity contribution in [1.82, 2.24) is 4.90 Å². The number of benzene rings is 1. The Hall–Kier alpha value is -2.18. The minimum atomic E-state index is 0.0124. The van der Waals surface area contributed by atoms with Crippen molar-refractivity contribution in [3.05, 3.63) is 51.7 Å². The molecule has 1 unspecified atom stereocenters. The molecule has 3 rings (SSSR count). The molecule has 1 aromatic heterocycles. The Bertz CT molecular complexity index is 796. The molecule has 0 saturated carbocycles. The van der Waals surface area contributed by atoms with Crippen LogP contribution in [0.25, 0.3) is 0 Å². The average Bonchev–Trinajstić information content (AvgIpc) is 3.15. The number of fused-ring (bicyclic) bond motifs is 1. The lowest BCUT2D eigenvalue weighted by Gasteiger charge is -2.29. The molecule has 6 heteroatoms. The largest absolute Gasteiger partial charge is 0.339 e. The highest BCUT2D eigenvalue weighted by atomic mass is 32.1. The Morgan fingerprint density at radius 1 is 1.19 bits per heavy atom. The first-order chi connectivity index (χ1) is 13.0. The summed E-state index contributed by atoms with van der Waals surface area (Å²) in [5.41, 5.74) is 2.77. The molecule has 1 aliphatic heterocycles. The minimum absolute atomic E-state index is 0.0124. The zero-order chi connectivity index (χ0) is 19.4. The van der Waals surface area contributed by atoms with E-state index >= 15 is 0 Å². The van der Waals surface area contributed by atoms with E-state index in [0.29, 0.717) is 31.2 Å². The van der Waals surface area contributed by atoms with E-state index in [0.717, 1.165) is 18.7 Å². The van der Waals surface area contributed by atoms with Gasteiger partial charge in [0.2, 0.25) is 0 Å². The number of thiophene rings is 1. The molecule has 2 amide bonds. The Labute approximate surface area is 165 Å². The second-order valence-electron chi connectivity index (χ2n) is 6.96. The molecule has 2 aromatic rings. The molecular formula is C21H28N3O2S+. The number of carbonyl (C=O) groups is 2. The molecule has 144 valence electrons. The van der Waals surface area contributed by atoms with Gasteiger partial charge < -0.3 is 15.1 Å². The number of hydrogen-bond acceptors (Lipinski definition) is 3. The van der Waals surface area contributed by atoms with Crippen molar-refractivity contribution < 1.29 is 14.5 Å². The molecule has 1 aromatic carbocycles. The highest BCUT2D eigenvalue weighted by Crippen LogP contribution is 2.24. The summed E-state index contributed by atoms with van der Waals surface area (Å²) in [4.78, 5) is 29.4. The third-order valence-electron chi connectivity index (χ3n) is 5.39. The summed E-state index contributed by atoms with van der Waals surface area (Å²) in [7, 11) is 0. The smallest absolute Gasteiger partial charge is 0.279 e. The zero-order valence-corrected chi connectivity index (χ0v) is 17.1. The van der Waals surface area contributed by atoms with Crippen molar-refractivity contribution in [3.8, 4) is 0 Å². The zero-order valence-electron chi connectivity index (χ0n) is 16.2. The lowest BCUT2D eigenvalue weighted by atomic mass is 10.0. The van der Waals surface area contributed by atoms with Gasteiger partial charge in [-0.05, 0) is 56.5 Å². The predicted octanol–water partition coefficient (Wildman–Crippen LogP) is 2.37. The summed E-state index contributed by atoms with van der Waals surface area (Å²) < 4.78 is 0. The van der Waals surface area contributed by atoms with Gasteiger partial charge in [-0.1, -0.05) is 0 Å². The van der Waals surface area contributed by atoms with Crippen molar-refractivity contribution >= 4 is 28.8 Å². The molecule has 0 radical (unpaired) electrons. The molecule has 1 aliphatic rings. The summed E-state index contributed by atoms with van der Waals surface area (Å²) in [5.74, 6) is 0.0365. The van der Waals surface area contributed by atoms with Gasteiger partial charge in [-0.25, -0.2) is 0 Å². The molecule has 2 N–H and O–H groups in total. The molecule has 5 nitrogen and oxygen atoms in total. The Morgan fingerprint density at radius 2 is 1.89 bits per heavy atom. The van der Waals surface area contributed by atoms with Crippen LogP contribution in [0.1, 0.15) is 47.6 Å². The van der Waals surface area contributed by atoms with Crippen LogP contribution in [0.5, 0.6) is 0 Å².